The molecule has 0 saturated heterocycles. The lowest BCUT2D eigenvalue weighted by Crippen LogP contribution is -2.53. The van der Waals surface area contributed by atoms with Gasteiger partial charge in [0, 0.05) is 14.2 Å². The first-order valence-corrected chi connectivity index (χ1v) is 5.05. The molecule has 1 unspecified atom stereocenters. The summed E-state index contributed by atoms with van der Waals surface area (Å²) in [6.45, 7) is 0.591. The number of hydrogen-bond donors (Lipinski definition) is 1. The van der Waals surface area contributed by atoms with Gasteiger partial charge in [-0.3, -0.25) is 0 Å². The van der Waals surface area contributed by atoms with Crippen molar-refractivity contribution < 1.29 is 9.47 Å². The summed E-state index contributed by atoms with van der Waals surface area (Å²) in [5.41, 5.74) is 5.94. The highest BCUT2D eigenvalue weighted by Crippen LogP contribution is 2.33. The van der Waals surface area contributed by atoms with Crippen LogP contribution >= 0.6 is 0 Å². The molecule has 1 saturated carbocycles. The van der Waals surface area contributed by atoms with E-state index in [9.17, 15) is 0 Å². The van der Waals surface area contributed by atoms with Crippen LogP contribution in [0, 0.1) is 0 Å². The Labute approximate surface area is 80.6 Å². The van der Waals surface area contributed by atoms with Crippen LogP contribution in [0.15, 0.2) is 0 Å². The third kappa shape index (κ3) is 2.42. The standard InChI is InChI=1S/C10H21NO2/c1-12-8-9(11)10(13-2)6-4-3-5-7-10/h9H,3-8,11H2,1-2H3. The molecule has 1 aliphatic carbocycles. The average molecular weight is 187 g/mol. The molecule has 3 nitrogen and oxygen atoms in total. The summed E-state index contributed by atoms with van der Waals surface area (Å²) in [6.07, 6.45) is 5.92. The number of hydrogen-bond acceptors (Lipinski definition) is 3. The maximum Gasteiger partial charge on any atom is 0.0851 e. The van der Waals surface area contributed by atoms with Crippen molar-refractivity contribution in [1.29, 1.82) is 0 Å². The van der Waals surface area contributed by atoms with Crippen LogP contribution in [-0.2, 0) is 9.47 Å². The number of nitrogens with two attached hydrogens (primary N) is 1. The molecule has 0 bridgehead atoms. The van der Waals surface area contributed by atoms with Gasteiger partial charge in [0.1, 0.15) is 0 Å². The minimum Gasteiger partial charge on any atom is -0.383 e. The molecule has 0 aromatic heterocycles. The first kappa shape index (κ1) is 11.0. The van der Waals surface area contributed by atoms with Crippen molar-refractivity contribution >= 4 is 0 Å². The number of methoxy groups -OCH3 is 2. The van der Waals surface area contributed by atoms with Crippen LogP contribution in [-0.4, -0.2) is 32.5 Å². The van der Waals surface area contributed by atoms with Crippen molar-refractivity contribution in [2.24, 2.45) is 5.73 Å². The van der Waals surface area contributed by atoms with Gasteiger partial charge in [-0.15, -0.1) is 0 Å². The second kappa shape index (κ2) is 4.94. The van der Waals surface area contributed by atoms with Crippen molar-refractivity contribution in [3.63, 3.8) is 0 Å². The fourth-order valence-electron chi connectivity index (χ4n) is 2.21. The quantitative estimate of drug-likeness (QED) is 0.721. The van der Waals surface area contributed by atoms with Gasteiger partial charge < -0.3 is 15.2 Å². The molecule has 13 heavy (non-hydrogen) atoms. The zero-order valence-electron chi connectivity index (χ0n) is 8.71. The van der Waals surface area contributed by atoms with Crippen molar-refractivity contribution in [2.75, 3.05) is 20.8 Å². The van der Waals surface area contributed by atoms with Gasteiger partial charge in [-0.2, -0.15) is 0 Å². The lowest BCUT2D eigenvalue weighted by molar-refractivity contribution is -0.0725. The molecule has 0 amide bonds. The number of ether oxygens (including phenoxy) is 2. The summed E-state index contributed by atoms with van der Waals surface area (Å²) in [5, 5.41) is 0. The SMILES string of the molecule is COCC(N)C1(OC)CCCCC1. The third-order valence-electron chi connectivity index (χ3n) is 3.13. The van der Waals surface area contributed by atoms with E-state index in [1.54, 1.807) is 14.2 Å². The average Bonchev–Trinajstić information content (AvgIpc) is 2.19. The fourth-order valence-corrected chi connectivity index (χ4v) is 2.21. The van der Waals surface area contributed by atoms with Crippen LogP contribution in [0.1, 0.15) is 32.1 Å². The Morgan fingerprint density at radius 3 is 2.31 bits per heavy atom. The van der Waals surface area contributed by atoms with Gasteiger partial charge in [0.15, 0.2) is 0 Å². The van der Waals surface area contributed by atoms with Crippen LogP contribution in [0.3, 0.4) is 0 Å². The highest BCUT2D eigenvalue weighted by atomic mass is 16.5. The van der Waals surface area contributed by atoms with Crippen LogP contribution in [0.5, 0.6) is 0 Å². The predicted octanol–water partition coefficient (Wildman–Crippen LogP) is 1.31. The maximum atomic E-state index is 6.05. The zero-order chi connectivity index (χ0) is 9.73. The maximum absolute atomic E-state index is 6.05. The zero-order valence-corrected chi connectivity index (χ0v) is 8.71. The Hall–Kier alpha value is -0.120. The van der Waals surface area contributed by atoms with Crippen LogP contribution < -0.4 is 5.73 Å². The second-order valence-electron chi connectivity index (χ2n) is 3.89. The smallest absolute Gasteiger partial charge is 0.0851 e. The third-order valence-corrected chi connectivity index (χ3v) is 3.13. The first-order chi connectivity index (χ1) is 6.25. The summed E-state index contributed by atoms with van der Waals surface area (Å²) in [7, 11) is 3.45. The van der Waals surface area contributed by atoms with E-state index in [2.05, 4.69) is 0 Å². The summed E-state index contributed by atoms with van der Waals surface area (Å²) in [5.74, 6) is 0. The topological polar surface area (TPSA) is 44.5 Å². The molecule has 1 fully saturated rings. The van der Waals surface area contributed by atoms with Crippen LogP contribution in [0.25, 0.3) is 0 Å². The van der Waals surface area contributed by atoms with Gasteiger partial charge in [-0.05, 0) is 12.8 Å². The molecule has 0 heterocycles. The van der Waals surface area contributed by atoms with E-state index < -0.39 is 0 Å². The molecule has 0 spiro atoms. The summed E-state index contributed by atoms with van der Waals surface area (Å²) < 4.78 is 10.7. The molecule has 0 radical (unpaired) electrons. The van der Waals surface area contributed by atoms with Crippen molar-refractivity contribution in [2.45, 2.75) is 43.7 Å². The molecular formula is C10H21NO2. The van der Waals surface area contributed by atoms with Gasteiger partial charge in [0.25, 0.3) is 0 Å². The molecule has 2 N–H and O–H groups in total. The predicted molar refractivity (Wildman–Crippen MR) is 52.7 cm³/mol. The molecule has 0 aliphatic heterocycles. The monoisotopic (exact) mass is 187 g/mol. The molecule has 0 aromatic rings. The van der Waals surface area contributed by atoms with Crippen molar-refractivity contribution in [1.82, 2.24) is 0 Å². The molecule has 1 atom stereocenters. The van der Waals surface area contributed by atoms with Gasteiger partial charge in [-0.25, -0.2) is 0 Å². The Kier molecular flexibility index (Phi) is 4.16. The van der Waals surface area contributed by atoms with Crippen LogP contribution in [0.4, 0.5) is 0 Å². The highest BCUT2D eigenvalue weighted by Gasteiger charge is 2.37. The molecule has 1 rings (SSSR count). The Morgan fingerprint density at radius 1 is 1.23 bits per heavy atom. The Balaban J connectivity index is 2.55. The van der Waals surface area contributed by atoms with E-state index in [4.69, 9.17) is 15.2 Å². The summed E-state index contributed by atoms with van der Waals surface area (Å²) in [4.78, 5) is 0. The molecule has 1 aliphatic rings. The van der Waals surface area contributed by atoms with Crippen molar-refractivity contribution in [3.8, 4) is 0 Å². The van der Waals surface area contributed by atoms with E-state index in [1.165, 1.54) is 19.3 Å². The lowest BCUT2D eigenvalue weighted by Gasteiger charge is -2.40. The van der Waals surface area contributed by atoms with E-state index in [0.29, 0.717) is 6.61 Å². The Morgan fingerprint density at radius 2 is 1.85 bits per heavy atom. The lowest BCUT2D eigenvalue weighted by atomic mass is 9.79. The molecule has 0 aromatic carbocycles. The van der Waals surface area contributed by atoms with Gasteiger partial charge >= 0.3 is 0 Å². The van der Waals surface area contributed by atoms with E-state index in [-0.39, 0.29) is 11.6 Å². The number of rotatable bonds is 4. The minimum absolute atomic E-state index is 0.0165. The van der Waals surface area contributed by atoms with E-state index in [1.807, 2.05) is 0 Å². The van der Waals surface area contributed by atoms with Crippen molar-refractivity contribution in [3.05, 3.63) is 0 Å². The first-order valence-electron chi connectivity index (χ1n) is 5.05. The normalized spacial score (nSPS) is 24.2. The van der Waals surface area contributed by atoms with Crippen LogP contribution in [0.2, 0.25) is 0 Å². The molecule has 78 valence electrons. The fraction of sp³-hybridized carbons (Fsp3) is 1.00. The Bertz CT molecular complexity index is 144. The minimum atomic E-state index is -0.117. The second-order valence-corrected chi connectivity index (χ2v) is 3.89. The van der Waals surface area contributed by atoms with Gasteiger partial charge in [-0.1, -0.05) is 19.3 Å². The summed E-state index contributed by atoms with van der Waals surface area (Å²) in [6, 6.07) is 0.0165. The van der Waals surface area contributed by atoms with E-state index in [0.717, 1.165) is 12.8 Å². The summed E-state index contributed by atoms with van der Waals surface area (Å²) >= 11 is 0. The molecule has 3 heteroatoms. The van der Waals surface area contributed by atoms with Gasteiger partial charge in [0.2, 0.25) is 0 Å². The van der Waals surface area contributed by atoms with Gasteiger partial charge in [0.05, 0.1) is 18.2 Å². The largest absolute Gasteiger partial charge is 0.383 e. The molecular weight excluding hydrogens is 166 g/mol. The van der Waals surface area contributed by atoms with E-state index >= 15 is 0 Å². The highest BCUT2D eigenvalue weighted by molar-refractivity contribution is 4.93.